The average Bonchev–Trinajstić information content (AvgIpc) is 3.05. The van der Waals surface area contributed by atoms with Crippen LogP contribution in [-0.2, 0) is 17.8 Å². The highest BCUT2D eigenvalue weighted by Gasteiger charge is 2.18. The lowest BCUT2D eigenvalue weighted by atomic mass is 10.1. The second kappa shape index (κ2) is 9.60. The molecule has 0 aliphatic rings. The van der Waals surface area contributed by atoms with Crippen LogP contribution >= 0.6 is 11.8 Å². The normalized spacial score (nSPS) is 11.6. The standard InChI is InChI=1S/C21H33N3O2S/c1-14(2)8-9-23-15(3)12-19(18(23)6)20(25)13-27-21-22-16(4)17(5)24(21)10-11-26-7/h12,14H,8-11,13H2,1-7H3. The van der Waals surface area contributed by atoms with Crippen LogP contribution in [0.4, 0.5) is 0 Å². The topological polar surface area (TPSA) is 49.0 Å². The third-order valence-electron chi connectivity index (χ3n) is 5.08. The average molecular weight is 392 g/mol. The van der Waals surface area contributed by atoms with E-state index in [0.717, 1.165) is 53.0 Å². The molecule has 150 valence electrons. The van der Waals surface area contributed by atoms with Gasteiger partial charge in [0, 0.05) is 42.8 Å². The monoisotopic (exact) mass is 391 g/mol. The maximum atomic E-state index is 12.9. The Morgan fingerprint density at radius 2 is 1.85 bits per heavy atom. The summed E-state index contributed by atoms with van der Waals surface area (Å²) >= 11 is 1.51. The Morgan fingerprint density at radius 1 is 1.15 bits per heavy atom. The zero-order chi connectivity index (χ0) is 20.1. The van der Waals surface area contributed by atoms with Gasteiger partial charge in [0.05, 0.1) is 18.1 Å². The Kier molecular flexibility index (Phi) is 7.74. The van der Waals surface area contributed by atoms with Crippen molar-refractivity contribution in [3.8, 4) is 0 Å². The largest absolute Gasteiger partial charge is 0.383 e. The number of Topliss-reactive ketones (excluding diaryl/α,β-unsaturated/α-hetero) is 1. The van der Waals surface area contributed by atoms with Gasteiger partial charge in [0.25, 0.3) is 0 Å². The molecule has 0 spiro atoms. The number of methoxy groups -OCH3 is 1. The molecular weight excluding hydrogens is 358 g/mol. The fourth-order valence-electron chi connectivity index (χ4n) is 3.20. The van der Waals surface area contributed by atoms with Gasteiger partial charge in [-0.1, -0.05) is 25.6 Å². The number of aryl methyl sites for hydroxylation is 2. The third kappa shape index (κ3) is 5.26. The summed E-state index contributed by atoms with van der Waals surface area (Å²) in [7, 11) is 1.70. The molecule has 2 aromatic heterocycles. The lowest BCUT2D eigenvalue weighted by Gasteiger charge is -2.11. The fourth-order valence-corrected chi connectivity index (χ4v) is 4.20. The van der Waals surface area contributed by atoms with Crippen molar-refractivity contribution in [1.29, 1.82) is 0 Å². The second-order valence-electron chi connectivity index (χ2n) is 7.54. The van der Waals surface area contributed by atoms with Crippen molar-refractivity contribution in [3.63, 3.8) is 0 Å². The first-order valence-electron chi connectivity index (χ1n) is 9.61. The summed E-state index contributed by atoms with van der Waals surface area (Å²) < 4.78 is 9.61. The minimum Gasteiger partial charge on any atom is -0.383 e. The van der Waals surface area contributed by atoms with Gasteiger partial charge in [-0.15, -0.1) is 0 Å². The van der Waals surface area contributed by atoms with Crippen molar-refractivity contribution in [3.05, 3.63) is 34.4 Å². The molecule has 6 heteroatoms. The number of carbonyl (C=O) groups excluding carboxylic acids is 1. The van der Waals surface area contributed by atoms with E-state index in [1.54, 1.807) is 7.11 Å². The van der Waals surface area contributed by atoms with Crippen LogP contribution in [0.1, 0.15) is 53.4 Å². The fraction of sp³-hybridized carbons (Fsp3) is 0.619. The summed E-state index contributed by atoms with van der Waals surface area (Å²) in [6.45, 7) is 15.0. The van der Waals surface area contributed by atoms with Crippen molar-refractivity contribution in [2.24, 2.45) is 5.92 Å². The maximum absolute atomic E-state index is 12.9. The molecule has 0 saturated heterocycles. The maximum Gasteiger partial charge on any atom is 0.175 e. The highest BCUT2D eigenvalue weighted by Crippen LogP contribution is 2.24. The smallest absolute Gasteiger partial charge is 0.175 e. The Hall–Kier alpha value is -1.53. The van der Waals surface area contributed by atoms with Gasteiger partial charge in [-0.25, -0.2) is 4.98 Å². The van der Waals surface area contributed by atoms with Gasteiger partial charge in [-0.05, 0) is 46.1 Å². The molecule has 0 atom stereocenters. The van der Waals surface area contributed by atoms with E-state index < -0.39 is 0 Å². The van der Waals surface area contributed by atoms with E-state index in [1.165, 1.54) is 11.8 Å². The Morgan fingerprint density at radius 3 is 2.48 bits per heavy atom. The lowest BCUT2D eigenvalue weighted by molar-refractivity contribution is 0.102. The molecule has 0 unspecified atom stereocenters. The first kappa shape index (κ1) is 21.8. The lowest BCUT2D eigenvalue weighted by Crippen LogP contribution is -2.10. The molecule has 0 radical (unpaired) electrons. The van der Waals surface area contributed by atoms with Crippen LogP contribution < -0.4 is 0 Å². The van der Waals surface area contributed by atoms with Crippen molar-refractivity contribution >= 4 is 17.5 Å². The van der Waals surface area contributed by atoms with Crippen molar-refractivity contribution in [2.45, 2.75) is 66.2 Å². The number of aromatic nitrogens is 3. The number of ketones is 1. The van der Waals surface area contributed by atoms with E-state index in [9.17, 15) is 4.79 Å². The minimum absolute atomic E-state index is 0.167. The van der Waals surface area contributed by atoms with Crippen LogP contribution in [0.25, 0.3) is 0 Å². The first-order valence-corrected chi connectivity index (χ1v) is 10.6. The molecule has 5 nitrogen and oxygen atoms in total. The molecule has 0 amide bonds. The highest BCUT2D eigenvalue weighted by atomic mass is 32.2. The van der Waals surface area contributed by atoms with Gasteiger partial charge in [0.1, 0.15) is 0 Å². The van der Waals surface area contributed by atoms with Gasteiger partial charge >= 0.3 is 0 Å². The van der Waals surface area contributed by atoms with E-state index in [1.807, 2.05) is 13.0 Å². The predicted octanol–water partition coefficient (Wildman–Crippen LogP) is 4.59. The number of rotatable bonds is 10. The third-order valence-corrected chi connectivity index (χ3v) is 6.05. The summed E-state index contributed by atoms with van der Waals surface area (Å²) in [5.41, 5.74) is 5.22. The molecule has 2 aromatic rings. The second-order valence-corrected chi connectivity index (χ2v) is 8.48. The molecule has 2 heterocycles. The van der Waals surface area contributed by atoms with Crippen molar-refractivity contribution in [1.82, 2.24) is 14.1 Å². The summed E-state index contributed by atoms with van der Waals surface area (Å²) in [6.07, 6.45) is 1.12. The van der Waals surface area contributed by atoms with E-state index >= 15 is 0 Å². The van der Waals surface area contributed by atoms with Crippen LogP contribution in [0.5, 0.6) is 0 Å². The molecular formula is C21H33N3O2S. The Bertz CT molecular complexity index is 790. The van der Waals surface area contributed by atoms with Gasteiger partial charge in [-0.3, -0.25) is 4.79 Å². The Labute approximate surface area is 167 Å². The molecule has 0 bridgehead atoms. The Balaban J connectivity index is 2.10. The summed E-state index contributed by atoms with van der Waals surface area (Å²) in [5, 5.41) is 0.893. The van der Waals surface area contributed by atoms with Gasteiger partial charge in [-0.2, -0.15) is 0 Å². The van der Waals surface area contributed by atoms with E-state index in [0.29, 0.717) is 18.3 Å². The zero-order valence-corrected chi connectivity index (χ0v) is 18.6. The molecule has 0 fully saturated rings. The molecule has 0 N–H and O–H groups in total. The molecule has 27 heavy (non-hydrogen) atoms. The van der Waals surface area contributed by atoms with Gasteiger partial charge in [0.15, 0.2) is 10.9 Å². The van der Waals surface area contributed by atoms with Crippen molar-refractivity contribution < 1.29 is 9.53 Å². The van der Waals surface area contributed by atoms with Gasteiger partial charge in [0.2, 0.25) is 0 Å². The summed E-state index contributed by atoms with van der Waals surface area (Å²) in [4.78, 5) is 17.5. The predicted molar refractivity (Wildman–Crippen MR) is 112 cm³/mol. The zero-order valence-electron chi connectivity index (χ0n) is 17.8. The molecule has 2 rings (SSSR count). The number of hydrogen-bond acceptors (Lipinski definition) is 4. The van der Waals surface area contributed by atoms with Crippen LogP contribution in [0, 0.1) is 33.6 Å². The van der Waals surface area contributed by atoms with E-state index in [-0.39, 0.29) is 5.78 Å². The van der Waals surface area contributed by atoms with Crippen LogP contribution in [-0.4, -0.2) is 39.4 Å². The van der Waals surface area contributed by atoms with Crippen LogP contribution in [0.2, 0.25) is 0 Å². The number of carbonyl (C=O) groups is 1. The van der Waals surface area contributed by atoms with Gasteiger partial charge < -0.3 is 13.9 Å². The molecule has 0 aliphatic carbocycles. The molecule has 0 saturated carbocycles. The van der Waals surface area contributed by atoms with Crippen molar-refractivity contribution in [2.75, 3.05) is 19.5 Å². The van der Waals surface area contributed by atoms with E-state index in [2.05, 4.69) is 48.7 Å². The minimum atomic E-state index is 0.167. The first-order chi connectivity index (χ1) is 12.8. The number of ether oxygens (including phenoxy) is 1. The number of hydrogen-bond donors (Lipinski definition) is 0. The number of thioether (sulfide) groups is 1. The van der Waals surface area contributed by atoms with Crippen LogP contribution in [0.15, 0.2) is 11.2 Å². The summed E-state index contributed by atoms with van der Waals surface area (Å²) in [6, 6.07) is 2.03. The highest BCUT2D eigenvalue weighted by molar-refractivity contribution is 7.99. The summed E-state index contributed by atoms with van der Waals surface area (Å²) in [5.74, 6) is 1.22. The molecule has 0 aliphatic heterocycles. The number of nitrogens with zero attached hydrogens (tertiary/aromatic N) is 3. The van der Waals surface area contributed by atoms with E-state index in [4.69, 9.17) is 4.74 Å². The number of imidazole rings is 1. The quantitative estimate of drug-likeness (QED) is 0.439. The van der Waals surface area contributed by atoms with Crippen LogP contribution in [0.3, 0.4) is 0 Å². The molecule has 0 aromatic carbocycles. The SMILES string of the molecule is COCCn1c(SCC(=O)c2cc(C)n(CCC(C)C)c2C)nc(C)c1C.